The van der Waals surface area contributed by atoms with Gasteiger partial charge in [0, 0.05) is 56.2 Å². The number of rotatable bonds is 7. The van der Waals surface area contributed by atoms with Crippen molar-refractivity contribution in [3.63, 3.8) is 0 Å². The van der Waals surface area contributed by atoms with Gasteiger partial charge in [0.05, 0.1) is 6.04 Å². The highest BCUT2D eigenvalue weighted by atomic mass is 19.4. The Kier molecular flexibility index (Phi) is 9.10. The minimum absolute atomic E-state index is 0.0207. The average Bonchev–Trinajstić information content (AvgIpc) is 2.90. The van der Waals surface area contributed by atoms with E-state index < -0.39 is 17.8 Å². The van der Waals surface area contributed by atoms with Crippen molar-refractivity contribution in [2.45, 2.75) is 50.9 Å². The van der Waals surface area contributed by atoms with Gasteiger partial charge in [-0.25, -0.2) is 9.78 Å². The molecule has 1 aromatic heterocycles. The molecule has 1 aliphatic heterocycles. The molecule has 1 aromatic carbocycles. The Labute approximate surface area is 225 Å². The summed E-state index contributed by atoms with van der Waals surface area (Å²) in [5.41, 5.74) is 0.0799. The number of alkyl halides is 3. The molecule has 0 spiro atoms. The van der Waals surface area contributed by atoms with E-state index in [0.29, 0.717) is 43.7 Å². The Morgan fingerprint density at radius 3 is 2.33 bits per heavy atom. The summed E-state index contributed by atoms with van der Waals surface area (Å²) in [5.74, 6) is -0.431. The van der Waals surface area contributed by atoms with Crippen LogP contribution in [0.25, 0.3) is 0 Å². The van der Waals surface area contributed by atoms with E-state index >= 15 is 0 Å². The van der Waals surface area contributed by atoms with Gasteiger partial charge in [-0.05, 0) is 51.1 Å². The number of nitrogens with zero attached hydrogens (tertiary/aromatic N) is 4. The Morgan fingerprint density at radius 2 is 1.69 bits per heavy atom. The van der Waals surface area contributed by atoms with Crippen molar-refractivity contribution < 1.29 is 22.8 Å². The fourth-order valence-electron chi connectivity index (χ4n) is 4.81. The molecule has 10 nitrogen and oxygen atoms in total. The van der Waals surface area contributed by atoms with E-state index in [2.05, 4.69) is 36.1 Å². The van der Waals surface area contributed by atoms with E-state index in [4.69, 9.17) is 0 Å². The van der Waals surface area contributed by atoms with Crippen LogP contribution in [0.2, 0.25) is 0 Å². The molecule has 212 valence electrons. The number of aromatic nitrogens is 2. The summed E-state index contributed by atoms with van der Waals surface area (Å²) < 4.78 is 41.4. The minimum Gasteiger partial charge on any atom is -0.365 e. The van der Waals surface area contributed by atoms with Crippen molar-refractivity contribution in [1.82, 2.24) is 30.4 Å². The largest absolute Gasteiger partial charge is 0.421 e. The smallest absolute Gasteiger partial charge is 0.365 e. The second-order valence-electron chi connectivity index (χ2n) is 9.90. The fourth-order valence-corrected chi connectivity index (χ4v) is 4.81. The maximum absolute atomic E-state index is 13.8. The summed E-state index contributed by atoms with van der Waals surface area (Å²) in [4.78, 5) is 36.9. The van der Waals surface area contributed by atoms with Crippen LogP contribution in [-0.2, 0) is 6.18 Å². The topological polar surface area (TPSA) is 115 Å². The third-order valence-electron chi connectivity index (χ3n) is 7.01. The lowest BCUT2D eigenvalue weighted by Gasteiger charge is -2.33. The molecule has 2 fully saturated rings. The van der Waals surface area contributed by atoms with Crippen LogP contribution in [0.1, 0.15) is 48.5 Å². The molecular weight excluding hydrogens is 513 g/mol. The summed E-state index contributed by atoms with van der Waals surface area (Å²) in [6, 6.07) is 5.56. The summed E-state index contributed by atoms with van der Waals surface area (Å²) >= 11 is 0. The number of benzene rings is 1. The minimum atomic E-state index is -4.66. The predicted molar refractivity (Wildman–Crippen MR) is 142 cm³/mol. The molecule has 13 heteroatoms. The second kappa shape index (κ2) is 12.5. The number of anilines is 3. The van der Waals surface area contributed by atoms with Crippen molar-refractivity contribution in [1.29, 1.82) is 0 Å². The number of hydrogen-bond acceptors (Lipinski definition) is 7. The van der Waals surface area contributed by atoms with Gasteiger partial charge >= 0.3 is 12.2 Å². The molecule has 4 rings (SSSR count). The number of amides is 3. The van der Waals surface area contributed by atoms with Crippen molar-refractivity contribution >= 4 is 29.4 Å². The molecule has 2 aromatic rings. The zero-order chi connectivity index (χ0) is 28.0. The van der Waals surface area contributed by atoms with Crippen LogP contribution in [0.4, 0.5) is 35.4 Å². The van der Waals surface area contributed by atoms with Crippen LogP contribution < -0.4 is 21.3 Å². The van der Waals surface area contributed by atoms with Crippen molar-refractivity contribution in [3.05, 3.63) is 41.6 Å². The molecule has 1 aliphatic carbocycles. The van der Waals surface area contributed by atoms with Gasteiger partial charge in [-0.1, -0.05) is 12.8 Å². The number of likely N-dealkylation sites (N-methyl/N-ethyl adjacent to an activating group) is 1. The molecule has 2 aliphatic rings. The molecule has 0 radical (unpaired) electrons. The van der Waals surface area contributed by atoms with Gasteiger partial charge in [0.15, 0.2) is 0 Å². The average molecular weight is 549 g/mol. The van der Waals surface area contributed by atoms with E-state index in [9.17, 15) is 22.8 Å². The van der Waals surface area contributed by atoms with Crippen molar-refractivity contribution in [2.24, 2.45) is 0 Å². The van der Waals surface area contributed by atoms with Crippen LogP contribution in [-0.4, -0.2) is 83.6 Å². The molecule has 0 bridgehead atoms. The monoisotopic (exact) mass is 548 g/mol. The predicted octanol–water partition coefficient (Wildman–Crippen LogP) is 3.67. The van der Waals surface area contributed by atoms with Gasteiger partial charge in [0.1, 0.15) is 11.4 Å². The number of piperazine rings is 1. The normalized spacial score (nSPS) is 20.3. The van der Waals surface area contributed by atoms with Gasteiger partial charge in [-0.3, -0.25) is 4.79 Å². The number of nitrogens with one attached hydrogen (secondary N) is 4. The highest BCUT2D eigenvalue weighted by Gasteiger charge is 2.37. The Hall–Kier alpha value is -3.61. The summed E-state index contributed by atoms with van der Waals surface area (Å²) in [6.45, 7) is 5.19. The quantitative estimate of drug-likeness (QED) is 0.418. The first kappa shape index (κ1) is 28.4. The van der Waals surface area contributed by atoms with Gasteiger partial charge < -0.3 is 31.1 Å². The van der Waals surface area contributed by atoms with Gasteiger partial charge in [-0.2, -0.15) is 18.2 Å². The number of carbonyl (C=O) groups excluding carboxylic acids is 2. The summed E-state index contributed by atoms with van der Waals surface area (Å²) in [6.07, 6.45) is -0.996. The lowest BCUT2D eigenvalue weighted by molar-refractivity contribution is -0.137. The zero-order valence-electron chi connectivity index (χ0n) is 22.1. The lowest BCUT2D eigenvalue weighted by Crippen LogP contribution is -2.51. The molecule has 1 saturated carbocycles. The Bertz CT molecular complexity index is 1140. The first-order valence-corrected chi connectivity index (χ1v) is 13.2. The Morgan fingerprint density at radius 1 is 1.03 bits per heavy atom. The molecule has 1 saturated heterocycles. The third-order valence-corrected chi connectivity index (χ3v) is 7.01. The molecule has 3 amide bonds. The SMILES string of the molecule is CCNC(=O)N[C@H]1CCCC[C@H]1Nc1nc(Nc2ccc(C(=O)N3CCN(C)CC3)cc2)ncc1C(F)(F)F. The molecule has 0 unspecified atom stereocenters. The highest BCUT2D eigenvalue weighted by Crippen LogP contribution is 2.35. The van der Waals surface area contributed by atoms with Gasteiger partial charge in [-0.15, -0.1) is 0 Å². The van der Waals surface area contributed by atoms with Crippen molar-refractivity contribution in [3.8, 4) is 0 Å². The summed E-state index contributed by atoms with van der Waals surface area (Å²) in [5, 5.41) is 11.4. The first-order chi connectivity index (χ1) is 18.6. The maximum Gasteiger partial charge on any atom is 0.421 e. The number of urea groups is 1. The lowest BCUT2D eigenvalue weighted by atomic mass is 9.90. The van der Waals surface area contributed by atoms with E-state index in [1.54, 1.807) is 36.1 Å². The zero-order valence-corrected chi connectivity index (χ0v) is 22.1. The van der Waals surface area contributed by atoms with E-state index in [1.165, 1.54) is 0 Å². The van der Waals surface area contributed by atoms with E-state index in [0.717, 1.165) is 32.1 Å². The van der Waals surface area contributed by atoms with E-state index in [1.807, 2.05) is 7.05 Å². The standard InChI is InChI=1S/C26H35F3N8O2/c1-3-30-25(39)34-21-7-5-4-6-20(21)33-22-19(26(27,28)29)16-31-24(35-22)32-18-10-8-17(9-11-18)23(38)37-14-12-36(2)13-15-37/h8-11,16,20-21H,3-7,12-15H2,1-2H3,(H2,30,34,39)(H2,31,32,33,35)/t20-,21+/m1/s1. The molecule has 4 N–H and O–H groups in total. The maximum atomic E-state index is 13.8. The van der Waals surface area contributed by atoms with Crippen LogP contribution in [0.5, 0.6) is 0 Å². The summed E-state index contributed by atoms with van der Waals surface area (Å²) in [7, 11) is 2.02. The van der Waals surface area contributed by atoms with Crippen LogP contribution in [0.15, 0.2) is 30.5 Å². The van der Waals surface area contributed by atoms with Crippen LogP contribution in [0.3, 0.4) is 0 Å². The van der Waals surface area contributed by atoms with E-state index in [-0.39, 0.29) is 29.7 Å². The number of hydrogen-bond donors (Lipinski definition) is 4. The second-order valence-corrected chi connectivity index (χ2v) is 9.90. The molecule has 2 atom stereocenters. The fraction of sp³-hybridized carbons (Fsp3) is 0.538. The van der Waals surface area contributed by atoms with Crippen LogP contribution >= 0.6 is 0 Å². The van der Waals surface area contributed by atoms with Gasteiger partial charge in [0.25, 0.3) is 5.91 Å². The first-order valence-electron chi connectivity index (χ1n) is 13.2. The van der Waals surface area contributed by atoms with Gasteiger partial charge in [0.2, 0.25) is 5.95 Å². The third kappa shape index (κ3) is 7.49. The molecule has 39 heavy (non-hydrogen) atoms. The Balaban J connectivity index is 1.48. The molecular formula is C26H35F3N8O2. The molecule has 2 heterocycles. The number of halogens is 3. The van der Waals surface area contributed by atoms with Crippen molar-refractivity contribution in [2.75, 3.05) is 50.4 Å². The number of carbonyl (C=O) groups is 2. The highest BCUT2D eigenvalue weighted by molar-refractivity contribution is 5.94. The van der Waals surface area contributed by atoms with Crippen LogP contribution in [0, 0.1) is 0 Å².